The van der Waals surface area contributed by atoms with Crippen LogP contribution in [0, 0.1) is 0 Å². The first-order valence-corrected chi connectivity index (χ1v) is 8.47. The highest BCUT2D eigenvalue weighted by molar-refractivity contribution is 6.33. The molecule has 27 heavy (non-hydrogen) atoms. The Hall–Kier alpha value is -3.25. The number of carbonyl (C=O) groups excluding carboxylic acids is 1. The number of furan rings is 1. The Morgan fingerprint density at radius 2 is 1.85 bits per heavy atom. The maximum absolute atomic E-state index is 11.8. The van der Waals surface area contributed by atoms with Crippen LogP contribution in [0.1, 0.15) is 5.76 Å². The molecule has 0 aliphatic carbocycles. The van der Waals surface area contributed by atoms with Crippen LogP contribution in [0.15, 0.2) is 70.2 Å². The number of hydrazone groups is 1. The van der Waals surface area contributed by atoms with Crippen molar-refractivity contribution in [2.24, 2.45) is 5.10 Å². The van der Waals surface area contributed by atoms with Gasteiger partial charge in [-0.2, -0.15) is 5.10 Å². The van der Waals surface area contributed by atoms with Gasteiger partial charge < -0.3 is 13.9 Å². The Kier molecular flexibility index (Phi) is 6.12. The van der Waals surface area contributed by atoms with Crippen molar-refractivity contribution in [3.63, 3.8) is 0 Å². The lowest BCUT2D eigenvalue weighted by atomic mass is 10.2. The Labute approximate surface area is 161 Å². The maximum Gasteiger partial charge on any atom is 0.277 e. The first-order chi connectivity index (χ1) is 13.2. The summed E-state index contributed by atoms with van der Waals surface area (Å²) in [6.07, 6.45) is 1.40. The molecule has 0 fully saturated rings. The van der Waals surface area contributed by atoms with Crippen molar-refractivity contribution in [2.75, 3.05) is 13.7 Å². The molecule has 1 N–H and O–H groups in total. The molecule has 138 valence electrons. The van der Waals surface area contributed by atoms with Crippen LogP contribution in [0.5, 0.6) is 11.5 Å². The van der Waals surface area contributed by atoms with E-state index in [0.29, 0.717) is 28.0 Å². The number of para-hydroxylation sites is 2. The first kappa shape index (κ1) is 18.5. The van der Waals surface area contributed by atoms with Gasteiger partial charge in [-0.15, -0.1) is 0 Å². The van der Waals surface area contributed by atoms with E-state index in [0.717, 1.165) is 5.56 Å². The predicted molar refractivity (Wildman–Crippen MR) is 103 cm³/mol. The average molecular weight is 385 g/mol. The van der Waals surface area contributed by atoms with E-state index in [1.165, 1.54) is 13.3 Å². The second kappa shape index (κ2) is 8.91. The summed E-state index contributed by atoms with van der Waals surface area (Å²) in [7, 11) is 1.53. The molecule has 1 aromatic heterocycles. The van der Waals surface area contributed by atoms with Crippen LogP contribution in [0.25, 0.3) is 11.3 Å². The molecule has 0 spiro atoms. The van der Waals surface area contributed by atoms with E-state index >= 15 is 0 Å². The van der Waals surface area contributed by atoms with Crippen molar-refractivity contribution < 1.29 is 18.7 Å². The molecule has 1 heterocycles. The molecule has 0 aliphatic heterocycles. The smallest absolute Gasteiger partial charge is 0.277 e. The minimum Gasteiger partial charge on any atom is -0.493 e. The number of benzene rings is 2. The van der Waals surface area contributed by atoms with Crippen molar-refractivity contribution in [1.82, 2.24) is 5.43 Å². The third-order valence-corrected chi connectivity index (χ3v) is 3.90. The van der Waals surface area contributed by atoms with Crippen LogP contribution in [-0.4, -0.2) is 25.8 Å². The number of ether oxygens (including phenoxy) is 2. The summed E-state index contributed by atoms with van der Waals surface area (Å²) in [4.78, 5) is 11.8. The molecule has 7 heteroatoms. The molecular weight excluding hydrogens is 368 g/mol. The molecular formula is C20H17ClN2O4. The van der Waals surface area contributed by atoms with Crippen molar-refractivity contribution in [3.8, 4) is 22.8 Å². The maximum atomic E-state index is 11.8. The highest BCUT2D eigenvalue weighted by atomic mass is 35.5. The van der Waals surface area contributed by atoms with Crippen LogP contribution in [-0.2, 0) is 4.79 Å². The van der Waals surface area contributed by atoms with Crippen LogP contribution in [0.4, 0.5) is 0 Å². The number of rotatable bonds is 7. The van der Waals surface area contributed by atoms with Gasteiger partial charge in [0.2, 0.25) is 0 Å². The van der Waals surface area contributed by atoms with Crippen LogP contribution in [0.3, 0.4) is 0 Å². The lowest BCUT2D eigenvalue weighted by Gasteiger charge is -2.08. The average Bonchev–Trinajstić information content (AvgIpc) is 3.15. The van der Waals surface area contributed by atoms with Gasteiger partial charge in [0.25, 0.3) is 5.91 Å². The molecule has 0 aliphatic rings. The molecule has 0 saturated carbocycles. The number of amides is 1. The number of nitrogens with one attached hydrogen (secondary N) is 1. The molecule has 0 atom stereocenters. The van der Waals surface area contributed by atoms with Gasteiger partial charge in [-0.05, 0) is 36.4 Å². The summed E-state index contributed by atoms with van der Waals surface area (Å²) in [6.45, 7) is -0.194. The Bertz CT molecular complexity index is 952. The summed E-state index contributed by atoms with van der Waals surface area (Å²) in [6, 6.07) is 18.0. The number of nitrogens with zero attached hydrogens (tertiary/aromatic N) is 1. The minimum atomic E-state index is -0.407. The van der Waals surface area contributed by atoms with Gasteiger partial charge in [0.05, 0.1) is 18.3 Å². The fourth-order valence-corrected chi connectivity index (χ4v) is 2.54. The van der Waals surface area contributed by atoms with Crippen LogP contribution < -0.4 is 14.9 Å². The molecule has 3 aromatic rings. The summed E-state index contributed by atoms with van der Waals surface area (Å²) < 4.78 is 16.2. The van der Waals surface area contributed by atoms with Crippen molar-refractivity contribution >= 4 is 23.7 Å². The normalized spacial score (nSPS) is 10.7. The Balaban J connectivity index is 1.53. The largest absolute Gasteiger partial charge is 0.493 e. The summed E-state index contributed by atoms with van der Waals surface area (Å²) in [5.41, 5.74) is 3.16. The lowest BCUT2D eigenvalue weighted by molar-refractivity contribution is -0.123. The summed E-state index contributed by atoms with van der Waals surface area (Å²) >= 11 is 6.15. The molecule has 6 nitrogen and oxygen atoms in total. The number of hydrogen-bond acceptors (Lipinski definition) is 5. The van der Waals surface area contributed by atoms with Crippen LogP contribution in [0.2, 0.25) is 5.02 Å². The molecule has 0 bridgehead atoms. The predicted octanol–water partition coefficient (Wildman–Crippen LogP) is 4.14. The van der Waals surface area contributed by atoms with E-state index in [1.807, 2.05) is 24.3 Å². The third kappa shape index (κ3) is 4.89. The van der Waals surface area contributed by atoms with Crippen LogP contribution >= 0.6 is 11.6 Å². The van der Waals surface area contributed by atoms with Gasteiger partial charge in [0, 0.05) is 5.56 Å². The highest BCUT2D eigenvalue weighted by Crippen LogP contribution is 2.28. The van der Waals surface area contributed by atoms with Gasteiger partial charge in [-0.25, -0.2) is 5.43 Å². The zero-order chi connectivity index (χ0) is 19.1. The van der Waals surface area contributed by atoms with E-state index in [-0.39, 0.29) is 6.61 Å². The van der Waals surface area contributed by atoms with Crippen molar-refractivity contribution in [2.45, 2.75) is 0 Å². The quantitative estimate of drug-likeness (QED) is 0.491. The van der Waals surface area contributed by atoms with Gasteiger partial charge in [-0.1, -0.05) is 35.9 Å². The standard InChI is InChI=1S/C20H17ClN2O4/c1-25-18-8-4-5-9-19(18)26-13-20(24)23-22-12-14-10-11-17(27-14)15-6-2-3-7-16(15)21/h2-12H,13H2,1H3,(H,23,24). The molecule has 0 unspecified atom stereocenters. The molecule has 0 radical (unpaired) electrons. The summed E-state index contributed by atoms with van der Waals surface area (Å²) in [5.74, 6) is 1.73. The van der Waals surface area contributed by atoms with Gasteiger partial charge in [0.1, 0.15) is 11.5 Å². The number of carbonyl (C=O) groups is 1. The molecule has 1 amide bonds. The second-order valence-corrected chi connectivity index (χ2v) is 5.82. The SMILES string of the molecule is COc1ccccc1OCC(=O)NN=Cc1ccc(-c2ccccc2Cl)o1. The van der Waals surface area contributed by atoms with E-state index in [4.69, 9.17) is 25.5 Å². The first-order valence-electron chi connectivity index (χ1n) is 8.10. The van der Waals surface area contributed by atoms with Gasteiger partial charge in [0.15, 0.2) is 18.1 Å². The number of halogens is 1. The molecule has 0 saturated heterocycles. The van der Waals surface area contributed by atoms with Crippen molar-refractivity contribution in [3.05, 3.63) is 71.4 Å². The Morgan fingerprint density at radius 1 is 1.11 bits per heavy atom. The van der Waals surface area contributed by atoms with E-state index in [1.54, 1.807) is 36.4 Å². The van der Waals surface area contributed by atoms with E-state index in [2.05, 4.69) is 10.5 Å². The molecule has 2 aromatic carbocycles. The second-order valence-electron chi connectivity index (χ2n) is 5.41. The highest BCUT2D eigenvalue weighted by Gasteiger charge is 2.08. The van der Waals surface area contributed by atoms with Gasteiger partial charge in [-0.3, -0.25) is 4.79 Å². The minimum absolute atomic E-state index is 0.194. The fourth-order valence-electron chi connectivity index (χ4n) is 2.31. The van der Waals surface area contributed by atoms with Crippen molar-refractivity contribution in [1.29, 1.82) is 0 Å². The third-order valence-electron chi connectivity index (χ3n) is 3.57. The number of hydrogen-bond donors (Lipinski definition) is 1. The zero-order valence-electron chi connectivity index (χ0n) is 14.5. The lowest BCUT2D eigenvalue weighted by Crippen LogP contribution is -2.24. The monoisotopic (exact) mass is 384 g/mol. The topological polar surface area (TPSA) is 73.1 Å². The van der Waals surface area contributed by atoms with E-state index < -0.39 is 5.91 Å². The molecule has 3 rings (SSSR count). The zero-order valence-corrected chi connectivity index (χ0v) is 15.3. The summed E-state index contributed by atoms with van der Waals surface area (Å²) in [5, 5.41) is 4.46. The Morgan fingerprint density at radius 3 is 2.63 bits per heavy atom. The fraction of sp³-hybridized carbons (Fsp3) is 0.100. The van der Waals surface area contributed by atoms with E-state index in [9.17, 15) is 4.79 Å². The van der Waals surface area contributed by atoms with Gasteiger partial charge >= 0.3 is 0 Å². The number of methoxy groups -OCH3 is 1.